The maximum Gasteiger partial charge on any atom is 0.340 e. The summed E-state index contributed by atoms with van der Waals surface area (Å²) in [6, 6.07) is -1.99. The van der Waals surface area contributed by atoms with Crippen molar-refractivity contribution in [2.24, 2.45) is 5.73 Å². The Kier molecular flexibility index (Phi) is 2.75. The van der Waals surface area contributed by atoms with Crippen molar-refractivity contribution in [1.29, 1.82) is 0 Å². The maximum absolute atomic E-state index is 12.1. The molecule has 0 aromatic carbocycles. The standard InChI is InChI=1S/C4H6FNO4/c5-1(3(7)8)2(6)4(9)10/h1-2H,6H2,(H,7,8)(H,9,10)/t1?,2-/m0/s1. The fourth-order valence-electron chi connectivity index (χ4n) is 0.279. The van der Waals surface area contributed by atoms with Crippen LogP contribution in [0.3, 0.4) is 0 Å². The first kappa shape index (κ1) is 8.83. The number of carbonyl (C=O) groups is 2. The minimum atomic E-state index is -2.54. The first-order chi connectivity index (χ1) is 4.46. The molecular weight excluding hydrogens is 145 g/mol. The van der Waals surface area contributed by atoms with Crippen molar-refractivity contribution in [2.75, 3.05) is 0 Å². The molecule has 0 amide bonds. The van der Waals surface area contributed by atoms with Gasteiger partial charge in [-0.1, -0.05) is 0 Å². The van der Waals surface area contributed by atoms with Crippen LogP contribution in [0.15, 0.2) is 0 Å². The number of halogens is 1. The second kappa shape index (κ2) is 3.11. The second-order valence-corrected chi connectivity index (χ2v) is 1.60. The Morgan fingerprint density at radius 2 is 1.70 bits per heavy atom. The molecule has 0 aromatic rings. The zero-order chi connectivity index (χ0) is 8.31. The van der Waals surface area contributed by atoms with Crippen molar-refractivity contribution in [3.63, 3.8) is 0 Å². The van der Waals surface area contributed by atoms with Gasteiger partial charge in [0.05, 0.1) is 0 Å². The Balaban J connectivity index is 4.07. The summed E-state index contributed by atoms with van der Waals surface area (Å²) in [5.74, 6) is -3.54. The van der Waals surface area contributed by atoms with E-state index in [0.717, 1.165) is 0 Å². The topological polar surface area (TPSA) is 101 Å². The van der Waals surface area contributed by atoms with Crippen molar-refractivity contribution in [2.45, 2.75) is 12.2 Å². The SMILES string of the molecule is N[C@H](C(=O)O)C(F)C(=O)O. The summed E-state index contributed by atoms with van der Waals surface area (Å²) in [6.45, 7) is 0. The van der Waals surface area contributed by atoms with E-state index < -0.39 is 24.2 Å². The second-order valence-electron chi connectivity index (χ2n) is 1.60. The van der Waals surface area contributed by atoms with Crippen LogP contribution in [0.1, 0.15) is 0 Å². The molecule has 0 radical (unpaired) electrons. The summed E-state index contributed by atoms with van der Waals surface area (Å²) in [6.07, 6.45) is -2.54. The highest BCUT2D eigenvalue weighted by Gasteiger charge is 2.29. The molecule has 0 aromatic heterocycles. The molecule has 2 atom stereocenters. The van der Waals surface area contributed by atoms with E-state index in [0.29, 0.717) is 0 Å². The van der Waals surface area contributed by atoms with E-state index in [1.807, 2.05) is 0 Å². The van der Waals surface area contributed by atoms with Crippen LogP contribution in [0.5, 0.6) is 0 Å². The quantitative estimate of drug-likeness (QED) is 0.471. The number of rotatable bonds is 3. The molecule has 0 aliphatic carbocycles. The fourth-order valence-corrected chi connectivity index (χ4v) is 0.279. The van der Waals surface area contributed by atoms with Gasteiger partial charge in [0, 0.05) is 0 Å². The number of hydrogen-bond acceptors (Lipinski definition) is 3. The van der Waals surface area contributed by atoms with E-state index in [9.17, 15) is 14.0 Å². The average Bonchev–Trinajstić information content (AvgIpc) is 1.84. The monoisotopic (exact) mass is 151 g/mol. The third-order valence-electron chi connectivity index (χ3n) is 0.836. The average molecular weight is 151 g/mol. The highest BCUT2D eigenvalue weighted by Crippen LogP contribution is 1.95. The number of hydrogen-bond donors (Lipinski definition) is 3. The third-order valence-corrected chi connectivity index (χ3v) is 0.836. The Bertz CT molecular complexity index is 141. The first-order valence-corrected chi connectivity index (χ1v) is 2.32. The van der Waals surface area contributed by atoms with Crippen molar-refractivity contribution < 1.29 is 24.2 Å². The fraction of sp³-hybridized carbons (Fsp3) is 0.500. The molecule has 10 heavy (non-hydrogen) atoms. The van der Waals surface area contributed by atoms with Crippen LogP contribution in [0.25, 0.3) is 0 Å². The van der Waals surface area contributed by atoms with Crippen LogP contribution >= 0.6 is 0 Å². The lowest BCUT2D eigenvalue weighted by molar-refractivity contribution is -0.150. The van der Waals surface area contributed by atoms with Gasteiger partial charge < -0.3 is 15.9 Å². The van der Waals surface area contributed by atoms with Crippen LogP contribution in [0.4, 0.5) is 4.39 Å². The molecule has 0 fully saturated rings. The van der Waals surface area contributed by atoms with Gasteiger partial charge in [-0.2, -0.15) is 0 Å². The Hall–Kier alpha value is -1.17. The van der Waals surface area contributed by atoms with Crippen LogP contribution in [-0.4, -0.2) is 34.4 Å². The number of carboxylic acids is 2. The molecular formula is C4H6FNO4. The normalized spacial score (nSPS) is 15.8. The lowest BCUT2D eigenvalue weighted by atomic mass is 10.2. The molecule has 0 spiro atoms. The van der Waals surface area contributed by atoms with Crippen molar-refractivity contribution in [3.05, 3.63) is 0 Å². The molecule has 1 unspecified atom stereocenters. The zero-order valence-corrected chi connectivity index (χ0v) is 4.82. The van der Waals surface area contributed by atoms with Crippen LogP contribution in [0, 0.1) is 0 Å². The highest BCUT2D eigenvalue weighted by atomic mass is 19.1. The third kappa shape index (κ3) is 1.98. The number of aliphatic carboxylic acids is 2. The minimum absolute atomic E-state index is 1.67. The Labute approximate surface area is 55.3 Å². The van der Waals surface area contributed by atoms with Crippen molar-refractivity contribution in [1.82, 2.24) is 0 Å². The first-order valence-electron chi connectivity index (χ1n) is 2.32. The lowest BCUT2D eigenvalue weighted by Gasteiger charge is -2.05. The Morgan fingerprint density at radius 3 is 1.80 bits per heavy atom. The summed E-state index contributed by atoms with van der Waals surface area (Å²) in [5, 5.41) is 15.9. The molecule has 0 heterocycles. The van der Waals surface area contributed by atoms with Gasteiger partial charge in [-0.05, 0) is 0 Å². The van der Waals surface area contributed by atoms with E-state index in [4.69, 9.17) is 10.2 Å². The van der Waals surface area contributed by atoms with E-state index in [1.165, 1.54) is 0 Å². The van der Waals surface area contributed by atoms with Gasteiger partial charge in [-0.15, -0.1) is 0 Å². The molecule has 4 N–H and O–H groups in total. The largest absolute Gasteiger partial charge is 0.480 e. The predicted octanol–water partition coefficient (Wildman–Crippen LogP) is -1.18. The van der Waals surface area contributed by atoms with Crippen LogP contribution < -0.4 is 5.73 Å². The van der Waals surface area contributed by atoms with Gasteiger partial charge in [-0.3, -0.25) is 4.79 Å². The molecule has 0 aliphatic rings. The maximum atomic E-state index is 12.1. The zero-order valence-electron chi connectivity index (χ0n) is 4.82. The van der Waals surface area contributed by atoms with E-state index >= 15 is 0 Å². The van der Waals surface area contributed by atoms with Gasteiger partial charge in [0.25, 0.3) is 0 Å². The summed E-state index contributed by atoms with van der Waals surface area (Å²) in [7, 11) is 0. The van der Waals surface area contributed by atoms with E-state index in [2.05, 4.69) is 5.73 Å². The smallest absolute Gasteiger partial charge is 0.340 e. The summed E-state index contributed by atoms with van der Waals surface area (Å²) in [5.41, 5.74) is 4.61. The molecule has 0 saturated carbocycles. The molecule has 58 valence electrons. The molecule has 0 rings (SSSR count). The molecule has 5 nitrogen and oxygen atoms in total. The van der Waals surface area contributed by atoms with E-state index in [-0.39, 0.29) is 0 Å². The van der Waals surface area contributed by atoms with Gasteiger partial charge in [0.1, 0.15) is 6.04 Å². The summed E-state index contributed by atoms with van der Waals surface area (Å²) >= 11 is 0. The summed E-state index contributed by atoms with van der Waals surface area (Å²) < 4.78 is 12.1. The van der Waals surface area contributed by atoms with E-state index in [1.54, 1.807) is 0 Å². The summed E-state index contributed by atoms with van der Waals surface area (Å²) in [4.78, 5) is 19.5. The molecule has 0 saturated heterocycles. The molecule has 0 bridgehead atoms. The highest BCUT2D eigenvalue weighted by molar-refractivity contribution is 5.83. The number of nitrogens with two attached hydrogens (primary N) is 1. The van der Waals surface area contributed by atoms with Gasteiger partial charge >= 0.3 is 11.9 Å². The van der Waals surface area contributed by atoms with Crippen LogP contribution in [0.2, 0.25) is 0 Å². The van der Waals surface area contributed by atoms with Gasteiger partial charge in [0.2, 0.25) is 6.17 Å². The molecule has 6 heteroatoms. The number of carboxylic acid groups (broad SMARTS) is 2. The van der Waals surface area contributed by atoms with Gasteiger partial charge in [0.15, 0.2) is 0 Å². The van der Waals surface area contributed by atoms with Crippen LogP contribution in [-0.2, 0) is 9.59 Å². The number of alkyl halides is 1. The lowest BCUT2D eigenvalue weighted by Crippen LogP contribution is -2.43. The predicted molar refractivity (Wildman–Crippen MR) is 28.1 cm³/mol. The van der Waals surface area contributed by atoms with Crippen molar-refractivity contribution in [3.8, 4) is 0 Å². The minimum Gasteiger partial charge on any atom is -0.480 e. The molecule has 0 aliphatic heterocycles. The van der Waals surface area contributed by atoms with Crippen molar-refractivity contribution >= 4 is 11.9 Å². The van der Waals surface area contributed by atoms with Gasteiger partial charge in [-0.25, -0.2) is 9.18 Å². The Morgan fingerprint density at radius 1 is 1.30 bits per heavy atom.